The number of rotatable bonds is 2. The minimum atomic E-state index is -0.996. The Labute approximate surface area is 78.0 Å². The molecule has 0 aliphatic heterocycles. The van der Waals surface area contributed by atoms with Gasteiger partial charge in [0, 0.05) is 11.1 Å². The molecule has 0 fully saturated rings. The third-order valence-electron chi connectivity index (χ3n) is 1.83. The van der Waals surface area contributed by atoms with Crippen LogP contribution >= 0.6 is 11.3 Å². The summed E-state index contributed by atoms with van der Waals surface area (Å²) in [6.45, 7) is 0. The predicted molar refractivity (Wildman–Crippen MR) is 50.7 cm³/mol. The molecule has 1 atom stereocenters. The highest BCUT2D eigenvalue weighted by atomic mass is 32.1. The number of nitrogens with two attached hydrogens (primary N) is 1. The quantitative estimate of drug-likeness (QED) is 0.677. The van der Waals surface area contributed by atoms with E-state index in [0.717, 1.165) is 10.2 Å². The lowest BCUT2D eigenvalue weighted by atomic mass is 10.2. The van der Waals surface area contributed by atoms with E-state index in [0.29, 0.717) is 4.88 Å². The fourth-order valence-corrected chi connectivity index (χ4v) is 2.17. The monoisotopic (exact) mass is 196 g/mol. The molecule has 1 unspecified atom stereocenters. The van der Waals surface area contributed by atoms with Gasteiger partial charge in [0.05, 0.1) is 10.2 Å². The van der Waals surface area contributed by atoms with E-state index in [1.54, 1.807) is 6.07 Å². The Hall–Kier alpha value is -1.33. The van der Waals surface area contributed by atoms with E-state index in [1.807, 2.05) is 12.3 Å². The average Bonchev–Trinajstić information content (AvgIpc) is 2.59. The third kappa shape index (κ3) is 1.32. The Balaban J connectivity index is 2.44. The fourth-order valence-electron chi connectivity index (χ4n) is 1.14. The standard InChI is InChI=1S/C8H8N2O2S/c9-7(8(11)12)6-3-4-5(13-6)1-2-10-4/h1-3,7,10H,9H2,(H,11,12). The van der Waals surface area contributed by atoms with Crippen molar-refractivity contribution in [3.05, 3.63) is 23.2 Å². The van der Waals surface area contributed by atoms with E-state index >= 15 is 0 Å². The molecule has 0 aliphatic carbocycles. The molecule has 0 bridgehead atoms. The molecule has 2 rings (SSSR count). The highest BCUT2D eigenvalue weighted by Crippen LogP contribution is 2.27. The number of carbonyl (C=O) groups is 1. The molecule has 0 aromatic carbocycles. The van der Waals surface area contributed by atoms with Gasteiger partial charge in [-0.15, -0.1) is 11.3 Å². The molecule has 5 heteroatoms. The maximum Gasteiger partial charge on any atom is 0.325 e. The van der Waals surface area contributed by atoms with Gasteiger partial charge in [0.15, 0.2) is 0 Å². The van der Waals surface area contributed by atoms with Gasteiger partial charge in [-0.05, 0) is 12.1 Å². The zero-order valence-electron chi connectivity index (χ0n) is 6.65. The number of nitrogens with one attached hydrogen (secondary N) is 1. The van der Waals surface area contributed by atoms with Crippen molar-refractivity contribution in [1.29, 1.82) is 0 Å². The Morgan fingerprint density at radius 2 is 2.46 bits per heavy atom. The van der Waals surface area contributed by atoms with E-state index < -0.39 is 12.0 Å². The summed E-state index contributed by atoms with van der Waals surface area (Å²) in [5.41, 5.74) is 6.40. The number of carboxylic acid groups (broad SMARTS) is 1. The van der Waals surface area contributed by atoms with Crippen LogP contribution in [0.5, 0.6) is 0 Å². The van der Waals surface area contributed by atoms with Crippen molar-refractivity contribution in [1.82, 2.24) is 4.98 Å². The summed E-state index contributed by atoms with van der Waals surface area (Å²) >= 11 is 1.40. The number of carboxylic acids is 1. The van der Waals surface area contributed by atoms with Crippen LogP contribution in [-0.4, -0.2) is 16.1 Å². The number of hydrogen-bond donors (Lipinski definition) is 3. The number of hydrogen-bond acceptors (Lipinski definition) is 3. The van der Waals surface area contributed by atoms with Crippen LogP contribution in [0.25, 0.3) is 10.2 Å². The molecule has 2 aromatic heterocycles. The number of aromatic amines is 1. The SMILES string of the molecule is NC(C(=O)O)c1cc2[nH]ccc2s1. The topological polar surface area (TPSA) is 79.1 Å². The zero-order chi connectivity index (χ0) is 9.42. The van der Waals surface area contributed by atoms with Crippen molar-refractivity contribution in [2.75, 3.05) is 0 Å². The molecule has 4 nitrogen and oxygen atoms in total. The van der Waals surface area contributed by atoms with E-state index in [1.165, 1.54) is 11.3 Å². The van der Waals surface area contributed by atoms with Gasteiger partial charge in [0.2, 0.25) is 0 Å². The van der Waals surface area contributed by atoms with Crippen molar-refractivity contribution >= 4 is 27.5 Å². The number of fused-ring (bicyclic) bond motifs is 1. The van der Waals surface area contributed by atoms with Gasteiger partial charge in [-0.1, -0.05) is 0 Å². The summed E-state index contributed by atoms with van der Waals surface area (Å²) in [7, 11) is 0. The average molecular weight is 196 g/mol. The lowest BCUT2D eigenvalue weighted by Gasteiger charge is -2.00. The van der Waals surface area contributed by atoms with Crippen molar-refractivity contribution in [3.63, 3.8) is 0 Å². The first-order chi connectivity index (χ1) is 6.18. The normalized spacial score (nSPS) is 13.3. The van der Waals surface area contributed by atoms with Crippen LogP contribution < -0.4 is 5.73 Å². The van der Waals surface area contributed by atoms with Crippen LogP contribution in [0, 0.1) is 0 Å². The molecule has 0 aliphatic rings. The first-order valence-corrected chi connectivity index (χ1v) is 4.55. The Bertz CT molecular complexity index is 417. The minimum absolute atomic E-state index is 0.675. The lowest BCUT2D eigenvalue weighted by Crippen LogP contribution is -2.19. The van der Waals surface area contributed by atoms with Gasteiger partial charge in [-0.2, -0.15) is 0 Å². The molecule has 2 aromatic rings. The summed E-state index contributed by atoms with van der Waals surface area (Å²) in [5.74, 6) is -0.996. The molecule has 2 heterocycles. The van der Waals surface area contributed by atoms with E-state index in [4.69, 9.17) is 10.8 Å². The second kappa shape index (κ2) is 2.86. The third-order valence-corrected chi connectivity index (χ3v) is 3.01. The molecular formula is C8H8N2O2S. The van der Waals surface area contributed by atoms with Gasteiger partial charge >= 0.3 is 5.97 Å². The Kier molecular flexibility index (Phi) is 1.82. The summed E-state index contributed by atoms with van der Waals surface area (Å²) in [6, 6.07) is 2.77. The summed E-state index contributed by atoms with van der Waals surface area (Å²) in [5, 5.41) is 8.67. The van der Waals surface area contributed by atoms with Crippen LogP contribution in [-0.2, 0) is 4.79 Å². The first kappa shape index (κ1) is 8.28. The predicted octanol–water partition coefficient (Wildman–Crippen LogP) is 1.31. The molecule has 4 N–H and O–H groups in total. The van der Waals surface area contributed by atoms with Gasteiger partial charge < -0.3 is 15.8 Å². The number of aromatic nitrogens is 1. The molecular weight excluding hydrogens is 188 g/mol. The lowest BCUT2D eigenvalue weighted by molar-refractivity contribution is -0.138. The van der Waals surface area contributed by atoms with Crippen molar-refractivity contribution < 1.29 is 9.90 Å². The van der Waals surface area contributed by atoms with Gasteiger partial charge in [-0.3, -0.25) is 4.79 Å². The number of thiophene rings is 1. The summed E-state index contributed by atoms with van der Waals surface area (Å²) in [6.07, 6.45) is 1.82. The molecule has 0 saturated carbocycles. The summed E-state index contributed by atoms with van der Waals surface area (Å²) < 4.78 is 1.03. The zero-order valence-corrected chi connectivity index (χ0v) is 7.47. The second-order valence-electron chi connectivity index (χ2n) is 2.72. The van der Waals surface area contributed by atoms with Crippen LogP contribution in [0.4, 0.5) is 0 Å². The molecule has 0 amide bonds. The first-order valence-electron chi connectivity index (χ1n) is 3.73. The molecule has 68 valence electrons. The van der Waals surface area contributed by atoms with Crippen LogP contribution in [0.1, 0.15) is 10.9 Å². The molecule has 0 spiro atoms. The minimum Gasteiger partial charge on any atom is -0.480 e. The number of H-pyrrole nitrogens is 1. The highest BCUT2D eigenvalue weighted by Gasteiger charge is 2.16. The second-order valence-corrected chi connectivity index (χ2v) is 3.84. The number of aliphatic carboxylic acids is 1. The molecule has 13 heavy (non-hydrogen) atoms. The Morgan fingerprint density at radius 1 is 1.69 bits per heavy atom. The van der Waals surface area contributed by atoms with Gasteiger partial charge in [-0.25, -0.2) is 0 Å². The molecule has 0 radical (unpaired) electrons. The maximum absolute atomic E-state index is 10.6. The Morgan fingerprint density at radius 3 is 3.08 bits per heavy atom. The highest BCUT2D eigenvalue weighted by molar-refractivity contribution is 7.19. The van der Waals surface area contributed by atoms with E-state index in [-0.39, 0.29) is 0 Å². The summed E-state index contributed by atoms with van der Waals surface area (Å²) in [4.78, 5) is 14.2. The van der Waals surface area contributed by atoms with Gasteiger partial charge in [0.1, 0.15) is 6.04 Å². The van der Waals surface area contributed by atoms with Crippen molar-refractivity contribution in [3.8, 4) is 0 Å². The maximum atomic E-state index is 10.6. The smallest absolute Gasteiger partial charge is 0.325 e. The largest absolute Gasteiger partial charge is 0.480 e. The van der Waals surface area contributed by atoms with E-state index in [2.05, 4.69) is 4.98 Å². The van der Waals surface area contributed by atoms with Gasteiger partial charge in [0.25, 0.3) is 0 Å². The molecule has 0 saturated heterocycles. The van der Waals surface area contributed by atoms with Crippen molar-refractivity contribution in [2.24, 2.45) is 5.73 Å². The van der Waals surface area contributed by atoms with E-state index in [9.17, 15) is 4.79 Å². The van der Waals surface area contributed by atoms with Crippen molar-refractivity contribution in [2.45, 2.75) is 6.04 Å². The van der Waals surface area contributed by atoms with Crippen LogP contribution in [0.15, 0.2) is 18.3 Å². The van der Waals surface area contributed by atoms with Crippen LogP contribution in [0.3, 0.4) is 0 Å². The fraction of sp³-hybridized carbons (Fsp3) is 0.125. The van der Waals surface area contributed by atoms with Crippen LogP contribution in [0.2, 0.25) is 0 Å².